The summed E-state index contributed by atoms with van der Waals surface area (Å²) in [5.41, 5.74) is 9.11. The summed E-state index contributed by atoms with van der Waals surface area (Å²) in [6.07, 6.45) is 2.68. The Labute approximate surface area is 101 Å². The van der Waals surface area contributed by atoms with E-state index in [0.29, 0.717) is 6.54 Å². The van der Waals surface area contributed by atoms with Gasteiger partial charge in [0.15, 0.2) is 0 Å². The van der Waals surface area contributed by atoms with E-state index in [2.05, 4.69) is 28.0 Å². The average Bonchev–Trinajstić information content (AvgIpc) is 3.09. The van der Waals surface area contributed by atoms with Crippen LogP contribution in [0.2, 0.25) is 0 Å². The standard InChI is InChI=1S/C14H17N3/c15-9-13-8-14(12-4-2-1-3-5-12)16-17(13)10-11-6-7-11/h1-5,8,11H,6-7,9-10,15H2. The molecule has 0 radical (unpaired) electrons. The zero-order valence-corrected chi connectivity index (χ0v) is 9.84. The van der Waals surface area contributed by atoms with Gasteiger partial charge in [0.05, 0.1) is 11.4 Å². The third-order valence-corrected chi connectivity index (χ3v) is 3.27. The van der Waals surface area contributed by atoms with Gasteiger partial charge in [-0.15, -0.1) is 0 Å². The predicted octanol–water partition coefficient (Wildman–Crippen LogP) is 2.42. The molecule has 0 bridgehead atoms. The number of nitrogens with two attached hydrogens (primary N) is 1. The minimum Gasteiger partial charge on any atom is -0.325 e. The summed E-state index contributed by atoms with van der Waals surface area (Å²) in [7, 11) is 0. The summed E-state index contributed by atoms with van der Waals surface area (Å²) in [5.74, 6) is 0.823. The first-order valence-electron chi connectivity index (χ1n) is 6.19. The molecule has 3 rings (SSSR count). The summed E-state index contributed by atoms with van der Waals surface area (Å²) in [6, 6.07) is 12.4. The summed E-state index contributed by atoms with van der Waals surface area (Å²) < 4.78 is 2.08. The Bertz CT molecular complexity index is 497. The highest BCUT2D eigenvalue weighted by molar-refractivity contribution is 5.59. The third-order valence-electron chi connectivity index (χ3n) is 3.27. The fraction of sp³-hybridized carbons (Fsp3) is 0.357. The molecule has 0 aliphatic heterocycles. The van der Waals surface area contributed by atoms with Crippen LogP contribution in [0.15, 0.2) is 36.4 Å². The molecular weight excluding hydrogens is 210 g/mol. The van der Waals surface area contributed by atoms with Crippen molar-refractivity contribution in [2.45, 2.75) is 25.9 Å². The zero-order chi connectivity index (χ0) is 11.7. The lowest BCUT2D eigenvalue weighted by Crippen LogP contribution is -2.09. The quantitative estimate of drug-likeness (QED) is 0.871. The molecule has 88 valence electrons. The molecule has 0 saturated heterocycles. The number of benzene rings is 1. The highest BCUT2D eigenvalue weighted by Crippen LogP contribution is 2.31. The number of aromatic nitrogens is 2. The Morgan fingerprint density at radius 1 is 1.24 bits per heavy atom. The smallest absolute Gasteiger partial charge is 0.0926 e. The van der Waals surface area contributed by atoms with Crippen molar-refractivity contribution in [2.75, 3.05) is 0 Å². The molecule has 1 aromatic carbocycles. The van der Waals surface area contributed by atoms with Gasteiger partial charge >= 0.3 is 0 Å². The molecule has 2 N–H and O–H groups in total. The molecule has 0 unspecified atom stereocenters. The second-order valence-corrected chi connectivity index (χ2v) is 4.72. The van der Waals surface area contributed by atoms with Crippen LogP contribution in [0, 0.1) is 5.92 Å². The Hall–Kier alpha value is -1.61. The fourth-order valence-electron chi connectivity index (χ4n) is 2.07. The molecule has 1 fully saturated rings. The lowest BCUT2D eigenvalue weighted by molar-refractivity contribution is 0.541. The van der Waals surface area contributed by atoms with Crippen molar-refractivity contribution in [3.63, 3.8) is 0 Å². The van der Waals surface area contributed by atoms with E-state index in [1.54, 1.807) is 0 Å². The maximum atomic E-state index is 5.78. The van der Waals surface area contributed by atoms with Gasteiger partial charge < -0.3 is 5.73 Å². The number of hydrogen-bond acceptors (Lipinski definition) is 2. The second-order valence-electron chi connectivity index (χ2n) is 4.72. The van der Waals surface area contributed by atoms with E-state index < -0.39 is 0 Å². The highest BCUT2D eigenvalue weighted by Gasteiger charge is 2.23. The first-order valence-corrected chi connectivity index (χ1v) is 6.19. The Balaban J connectivity index is 1.92. The van der Waals surface area contributed by atoms with Crippen molar-refractivity contribution in [1.29, 1.82) is 0 Å². The van der Waals surface area contributed by atoms with Crippen LogP contribution < -0.4 is 5.73 Å². The summed E-state index contributed by atoms with van der Waals surface area (Å²) >= 11 is 0. The number of rotatable bonds is 4. The lowest BCUT2D eigenvalue weighted by Gasteiger charge is -2.03. The Morgan fingerprint density at radius 3 is 2.65 bits per heavy atom. The van der Waals surface area contributed by atoms with Crippen LogP contribution in [0.25, 0.3) is 11.3 Å². The van der Waals surface area contributed by atoms with Crippen LogP contribution in [-0.4, -0.2) is 9.78 Å². The monoisotopic (exact) mass is 227 g/mol. The van der Waals surface area contributed by atoms with E-state index in [1.807, 2.05) is 18.2 Å². The molecule has 1 aromatic heterocycles. The average molecular weight is 227 g/mol. The summed E-state index contributed by atoms with van der Waals surface area (Å²) in [6.45, 7) is 1.59. The van der Waals surface area contributed by atoms with Crippen LogP contribution >= 0.6 is 0 Å². The summed E-state index contributed by atoms with van der Waals surface area (Å²) in [4.78, 5) is 0. The van der Waals surface area contributed by atoms with Gasteiger partial charge in [0.1, 0.15) is 0 Å². The zero-order valence-electron chi connectivity index (χ0n) is 9.84. The van der Waals surface area contributed by atoms with Crippen molar-refractivity contribution < 1.29 is 0 Å². The fourth-order valence-corrected chi connectivity index (χ4v) is 2.07. The largest absolute Gasteiger partial charge is 0.325 e. The van der Waals surface area contributed by atoms with Crippen molar-refractivity contribution in [1.82, 2.24) is 9.78 Å². The van der Waals surface area contributed by atoms with E-state index in [4.69, 9.17) is 5.73 Å². The van der Waals surface area contributed by atoms with Crippen molar-refractivity contribution in [3.05, 3.63) is 42.1 Å². The second kappa shape index (κ2) is 4.34. The molecule has 3 heteroatoms. The normalized spacial score (nSPS) is 15.1. The van der Waals surface area contributed by atoms with Crippen molar-refractivity contribution in [2.24, 2.45) is 11.7 Å². The SMILES string of the molecule is NCc1cc(-c2ccccc2)nn1CC1CC1. The van der Waals surface area contributed by atoms with E-state index in [0.717, 1.165) is 29.4 Å². The minimum atomic E-state index is 0.562. The van der Waals surface area contributed by atoms with Crippen LogP contribution in [0.4, 0.5) is 0 Å². The molecule has 1 aliphatic rings. The van der Waals surface area contributed by atoms with Crippen LogP contribution in [0.5, 0.6) is 0 Å². The first kappa shape index (κ1) is 10.5. The highest BCUT2D eigenvalue weighted by atomic mass is 15.3. The molecule has 0 amide bonds. The molecule has 3 nitrogen and oxygen atoms in total. The minimum absolute atomic E-state index is 0.562. The molecule has 1 aliphatic carbocycles. The van der Waals surface area contributed by atoms with Gasteiger partial charge in [0.25, 0.3) is 0 Å². The topological polar surface area (TPSA) is 43.8 Å². The first-order chi connectivity index (χ1) is 8.36. The Kier molecular flexibility index (Phi) is 2.69. The van der Waals surface area contributed by atoms with Gasteiger partial charge in [-0.05, 0) is 24.8 Å². The maximum absolute atomic E-state index is 5.78. The lowest BCUT2D eigenvalue weighted by atomic mass is 10.1. The van der Waals surface area contributed by atoms with E-state index in [1.165, 1.54) is 12.8 Å². The van der Waals surface area contributed by atoms with Crippen LogP contribution in [0.1, 0.15) is 18.5 Å². The van der Waals surface area contributed by atoms with Crippen molar-refractivity contribution in [3.8, 4) is 11.3 Å². The molecule has 0 spiro atoms. The number of hydrogen-bond donors (Lipinski definition) is 1. The van der Waals surface area contributed by atoms with E-state index >= 15 is 0 Å². The molecular formula is C14H17N3. The van der Waals surface area contributed by atoms with Gasteiger partial charge in [0.2, 0.25) is 0 Å². The summed E-state index contributed by atoms with van der Waals surface area (Å²) in [5, 5.41) is 4.67. The van der Waals surface area contributed by atoms with E-state index in [9.17, 15) is 0 Å². The van der Waals surface area contributed by atoms with Gasteiger partial charge in [0, 0.05) is 18.7 Å². The Morgan fingerprint density at radius 2 is 2.00 bits per heavy atom. The van der Waals surface area contributed by atoms with Crippen LogP contribution in [-0.2, 0) is 13.1 Å². The molecule has 2 aromatic rings. The van der Waals surface area contributed by atoms with E-state index in [-0.39, 0.29) is 0 Å². The van der Waals surface area contributed by atoms with Gasteiger partial charge in [-0.3, -0.25) is 4.68 Å². The molecule has 1 saturated carbocycles. The third kappa shape index (κ3) is 2.24. The predicted molar refractivity (Wildman–Crippen MR) is 68.3 cm³/mol. The van der Waals surface area contributed by atoms with Gasteiger partial charge in [-0.25, -0.2) is 0 Å². The molecule has 1 heterocycles. The van der Waals surface area contributed by atoms with Crippen molar-refractivity contribution >= 4 is 0 Å². The van der Waals surface area contributed by atoms with Crippen LogP contribution in [0.3, 0.4) is 0 Å². The maximum Gasteiger partial charge on any atom is 0.0926 e. The number of nitrogens with zero attached hydrogens (tertiary/aromatic N) is 2. The van der Waals surface area contributed by atoms with Gasteiger partial charge in [-0.2, -0.15) is 5.10 Å². The van der Waals surface area contributed by atoms with Gasteiger partial charge in [-0.1, -0.05) is 30.3 Å². The molecule has 0 atom stereocenters. The molecule has 17 heavy (non-hydrogen) atoms.